The van der Waals surface area contributed by atoms with Crippen LogP contribution in [0.1, 0.15) is 31.4 Å². The number of alkyl carbamates (subject to hydrolysis) is 1. The topological polar surface area (TPSA) is 108 Å². The third-order valence-electron chi connectivity index (χ3n) is 5.54. The maximum atomic E-state index is 13.2. The molecule has 3 rings (SSSR count). The van der Waals surface area contributed by atoms with Crippen LogP contribution in [0.3, 0.4) is 0 Å². The van der Waals surface area contributed by atoms with E-state index in [0.29, 0.717) is 6.42 Å². The highest BCUT2D eigenvalue weighted by Gasteiger charge is 2.30. The first-order valence-electron chi connectivity index (χ1n) is 11.4. The molecule has 0 aliphatic carbocycles. The summed E-state index contributed by atoms with van der Waals surface area (Å²) in [5.74, 6) is -1.24. The fourth-order valence-electron chi connectivity index (χ4n) is 3.85. The predicted molar refractivity (Wildman–Crippen MR) is 133 cm³/mol. The maximum absolute atomic E-state index is 13.2. The molecular formula is C26H31BN2O5. The van der Waals surface area contributed by atoms with Crippen LogP contribution in [0.5, 0.6) is 0 Å². The molecule has 0 bridgehead atoms. The number of hydrogen-bond acceptors (Lipinski definition) is 5. The van der Waals surface area contributed by atoms with Crippen LogP contribution in [0.4, 0.5) is 4.79 Å². The van der Waals surface area contributed by atoms with E-state index in [-0.39, 0.29) is 18.9 Å². The molecule has 0 unspecified atom stereocenters. The maximum Gasteiger partial charge on any atom is 0.475 e. The second-order valence-electron chi connectivity index (χ2n) is 8.76. The standard InChI is InChI=1S/C26H31BN2O5/c1-18(2)15-24(27(32)33)29-25(30)23(28-26(31)34-17-19-9-4-3-5-10-19)16-21-13-8-12-20-11-6-7-14-22(20)21/h3-14,18,23-24,32-33H,15-17H2,1-2H3,(H,28,31)(H,29,30)/t23-,24-/m0/s1. The molecule has 0 fully saturated rings. The molecule has 0 saturated carbocycles. The van der Waals surface area contributed by atoms with Crippen molar-refractivity contribution >= 4 is 29.9 Å². The molecule has 3 aromatic carbocycles. The van der Waals surface area contributed by atoms with Crippen LogP contribution >= 0.6 is 0 Å². The van der Waals surface area contributed by atoms with Gasteiger partial charge in [0.25, 0.3) is 0 Å². The van der Waals surface area contributed by atoms with Gasteiger partial charge in [-0.1, -0.05) is 86.6 Å². The highest BCUT2D eigenvalue weighted by atomic mass is 16.5. The number of amides is 2. The summed E-state index contributed by atoms with van der Waals surface area (Å²) in [6.07, 6.45) is -0.138. The Morgan fingerprint density at radius 2 is 1.59 bits per heavy atom. The Morgan fingerprint density at radius 3 is 2.29 bits per heavy atom. The van der Waals surface area contributed by atoms with E-state index in [0.717, 1.165) is 21.9 Å². The Balaban J connectivity index is 1.78. The lowest BCUT2D eigenvalue weighted by Crippen LogP contribution is -2.55. The van der Waals surface area contributed by atoms with Crippen LogP contribution in [-0.4, -0.2) is 41.1 Å². The second kappa shape index (κ2) is 12.2. The quantitative estimate of drug-likeness (QED) is 0.346. The molecular weight excluding hydrogens is 431 g/mol. The molecule has 178 valence electrons. The van der Waals surface area contributed by atoms with Crippen molar-refractivity contribution in [1.29, 1.82) is 0 Å². The Kier molecular flexibility index (Phi) is 9.07. The van der Waals surface area contributed by atoms with Gasteiger partial charge in [-0.3, -0.25) is 4.79 Å². The van der Waals surface area contributed by atoms with Gasteiger partial charge in [0, 0.05) is 6.42 Å². The molecule has 2 amide bonds. The van der Waals surface area contributed by atoms with Gasteiger partial charge in [-0.15, -0.1) is 0 Å². The van der Waals surface area contributed by atoms with Crippen molar-refractivity contribution in [3.63, 3.8) is 0 Å². The average Bonchev–Trinajstić information content (AvgIpc) is 2.82. The average molecular weight is 462 g/mol. The van der Waals surface area contributed by atoms with E-state index in [1.54, 1.807) is 0 Å². The molecule has 0 saturated heterocycles. The number of nitrogens with one attached hydrogen (secondary N) is 2. The number of ether oxygens (including phenoxy) is 1. The van der Waals surface area contributed by atoms with Gasteiger partial charge < -0.3 is 25.4 Å². The van der Waals surface area contributed by atoms with Crippen LogP contribution in [-0.2, 0) is 22.6 Å². The summed E-state index contributed by atoms with van der Waals surface area (Å²) in [5.41, 5.74) is 1.71. The number of hydrogen-bond donors (Lipinski definition) is 4. The van der Waals surface area contributed by atoms with Gasteiger partial charge in [-0.2, -0.15) is 0 Å². The normalized spacial score (nSPS) is 12.7. The van der Waals surface area contributed by atoms with Gasteiger partial charge in [-0.05, 0) is 34.2 Å². The van der Waals surface area contributed by atoms with E-state index in [2.05, 4.69) is 10.6 Å². The molecule has 0 aromatic heterocycles. The van der Waals surface area contributed by atoms with Crippen LogP contribution in [0.2, 0.25) is 0 Å². The molecule has 34 heavy (non-hydrogen) atoms. The monoisotopic (exact) mass is 462 g/mol. The summed E-state index contributed by atoms with van der Waals surface area (Å²) in [6.45, 7) is 3.92. The second-order valence-corrected chi connectivity index (χ2v) is 8.76. The molecule has 0 spiro atoms. The number of carbonyl (C=O) groups is 2. The molecule has 7 nitrogen and oxygen atoms in total. The zero-order chi connectivity index (χ0) is 24.5. The van der Waals surface area contributed by atoms with E-state index in [1.165, 1.54) is 0 Å². The fourth-order valence-corrected chi connectivity index (χ4v) is 3.85. The number of carbonyl (C=O) groups excluding carboxylic acids is 2. The summed E-state index contributed by atoms with van der Waals surface area (Å²) >= 11 is 0. The lowest BCUT2D eigenvalue weighted by Gasteiger charge is -2.24. The summed E-state index contributed by atoms with van der Waals surface area (Å²) < 4.78 is 5.32. The van der Waals surface area contributed by atoms with Crippen molar-refractivity contribution in [2.24, 2.45) is 5.92 Å². The molecule has 4 N–H and O–H groups in total. The van der Waals surface area contributed by atoms with E-state index in [9.17, 15) is 19.6 Å². The first-order valence-corrected chi connectivity index (χ1v) is 11.4. The van der Waals surface area contributed by atoms with Gasteiger partial charge in [0.1, 0.15) is 12.6 Å². The van der Waals surface area contributed by atoms with Crippen molar-refractivity contribution in [3.05, 3.63) is 83.9 Å². The van der Waals surface area contributed by atoms with Gasteiger partial charge in [0.15, 0.2) is 0 Å². The van der Waals surface area contributed by atoms with Gasteiger partial charge in [0.05, 0.1) is 5.94 Å². The number of benzene rings is 3. The summed E-state index contributed by atoms with van der Waals surface area (Å²) in [4.78, 5) is 25.8. The number of rotatable bonds is 10. The SMILES string of the molecule is CC(C)C[C@H](NC(=O)[C@H](Cc1cccc2ccccc12)NC(=O)OCc1ccccc1)B(O)O. The molecule has 2 atom stereocenters. The van der Waals surface area contributed by atoms with E-state index in [4.69, 9.17) is 4.74 Å². The Labute approximate surface area is 200 Å². The fraction of sp³-hybridized carbons (Fsp3) is 0.308. The van der Waals surface area contributed by atoms with E-state index >= 15 is 0 Å². The third kappa shape index (κ3) is 7.33. The lowest BCUT2D eigenvalue weighted by molar-refractivity contribution is -0.123. The first kappa shape index (κ1) is 25.3. The van der Waals surface area contributed by atoms with Crippen LogP contribution in [0.25, 0.3) is 10.8 Å². The number of fused-ring (bicyclic) bond motifs is 1. The van der Waals surface area contributed by atoms with Crippen molar-refractivity contribution in [2.45, 2.75) is 45.3 Å². The largest absolute Gasteiger partial charge is 0.475 e. The van der Waals surface area contributed by atoms with Crippen LogP contribution in [0, 0.1) is 5.92 Å². The Morgan fingerprint density at radius 1 is 0.912 bits per heavy atom. The van der Waals surface area contributed by atoms with Crippen molar-refractivity contribution in [3.8, 4) is 0 Å². The highest BCUT2D eigenvalue weighted by Crippen LogP contribution is 2.20. The molecule has 0 heterocycles. The molecule has 8 heteroatoms. The molecule has 0 radical (unpaired) electrons. The minimum Gasteiger partial charge on any atom is -0.445 e. The minimum absolute atomic E-state index is 0.0700. The van der Waals surface area contributed by atoms with Crippen molar-refractivity contribution < 1.29 is 24.4 Å². The zero-order valence-corrected chi connectivity index (χ0v) is 19.5. The summed E-state index contributed by atoms with van der Waals surface area (Å²) in [5, 5.41) is 26.8. The smallest absolute Gasteiger partial charge is 0.445 e. The van der Waals surface area contributed by atoms with Gasteiger partial charge >= 0.3 is 13.2 Å². The molecule has 3 aromatic rings. The summed E-state index contributed by atoms with van der Waals surface area (Å²) in [6, 6.07) is 21.9. The summed E-state index contributed by atoms with van der Waals surface area (Å²) in [7, 11) is -1.71. The van der Waals surface area contributed by atoms with Crippen molar-refractivity contribution in [1.82, 2.24) is 10.6 Å². The van der Waals surface area contributed by atoms with E-state index < -0.39 is 31.1 Å². The lowest BCUT2D eigenvalue weighted by atomic mass is 9.75. The molecule has 0 aliphatic rings. The Hall–Kier alpha value is -3.36. The first-order chi connectivity index (χ1) is 16.3. The van der Waals surface area contributed by atoms with Crippen molar-refractivity contribution in [2.75, 3.05) is 0 Å². The van der Waals surface area contributed by atoms with Gasteiger partial charge in [0.2, 0.25) is 5.91 Å². The third-order valence-corrected chi connectivity index (χ3v) is 5.54. The predicted octanol–water partition coefficient (Wildman–Crippen LogP) is 3.22. The van der Waals surface area contributed by atoms with E-state index in [1.807, 2.05) is 86.6 Å². The Bertz CT molecular complexity index is 1090. The highest BCUT2D eigenvalue weighted by molar-refractivity contribution is 6.43. The van der Waals surface area contributed by atoms with Gasteiger partial charge in [-0.25, -0.2) is 4.79 Å². The van der Waals surface area contributed by atoms with Crippen LogP contribution < -0.4 is 10.6 Å². The molecule has 0 aliphatic heterocycles. The minimum atomic E-state index is -1.71. The van der Waals surface area contributed by atoms with Crippen LogP contribution in [0.15, 0.2) is 72.8 Å². The zero-order valence-electron chi connectivity index (χ0n) is 19.5.